The van der Waals surface area contributed by atoms with Crippen molar-refractivity contribution in [3.63, 3.8) is 0 Å². The van der Waals surface area contributed by atoms with Crippen molar-refractivity contribution in [3.8, 4) is 0 Å². The number of rotatable bonds is 4. The van der Waals surface area contributed by atoms with Crippen molar-refractivity contribution in [1.29, 1.82) is 0 Å². The van der Waals surface area contributed by atoms with Crippen molar-refractivity contribution in [2.45, 2.75) is 24.8 Å². The van der Waals surface area contributed by atoms with Crippen LogP contribution >= 0.6 is 0 Å². The van der Waals surface area contributed by atoms with Gasteiger partial charge in [-0.2, -0.15) is 13.2 Å². The third kappa shape index (κ3) is 5.75. The highest BCUT2D eigenvalue weighted by atomic mass is 32.2. The number of carbonyl (C=O) groups excluding carboxylic acids is 1. The summed E-state index contributed by atoms with van der Waals surface area (Å²) in [6.07, 6.45) is -5.50. The van der Waals surface area contributed by atoms with E-state index in [1.165, 1.54) is 6.92 Å². The van der Waals surface area contributed by atoms with Crippen molar-refractivity contribution >= 4 is 17.1 Å². The van der Waals surface area contributed by atoms with Gasteiger partial charge >= 0.3 is 6.18 Å². The lowest BCUT2D eigenvalue weighted by atomic mass is 10.5. The monoisotopic (exact) mass is 217 g/mol. The van der Waals surface area contributed by atoms with Crippen LogP contribution < -0.4 is 5.73 Å². The number of nitrogens with two attached hydrogens (primary N) is 1. The third-order valence-corrected chi connectivity index (χ3v) is 3.01. The van der Waals surface area contributed by atoms with E-state index in [4.69, 9.17) is 5.73 Å². The maximum atomic E-state index is 11.6. The Morgan fingerprint density at radius 1 is 1.62 bits per heavy atom. The van der Waals surface area contributed by atoms with Gasteiger partial charge in [-0.3, -0.25) is 4.79 Å². The molecule has 0 aliphatic carbocycles. The molecule has 2 atom stereocenters. The fourth-order valence-corrected chi connectivity index (χ4v) is 1.57. The lowest BCUT2D eigenvalue weighted by Gasteiger charge is -2.16. The minimum atomic E-state index is -4.34. The summed E-state index contributed by atoms with van der Waals surface area (Å²) in [5.41, 5.74) is 4.76. The van der Waals surface area contributed by atoms with E-state index < -0.39 is 40.7 Å². The molecular weight excluding hydrogens is 207 g/mol. The van der Waals surface area contributed by atoms with Gasteiger partial charge in [0.05, 0.1) is 6.42 Å². The van der Waals surface area contributed by atoms with Crippen LogP contribution in [0.2, 0.25) is 0 Å². The summed E-state index contributed by atoms with van der Waals surface area (Å²) in [6.45, 7) is 1.24. The first-order valence-electron chi connectivity index (χ1n) is 3.47. The lowest BCUT2D eigenvalue weighted by molar-refractivity contribution is -0.130. The summed E-state index contributed by atoms with van der Waals surface area (Å²) in [6, 6.07) is 0. The minimum absolute atomic E-state index is 0.576. The molecule has 13 heavy (non-hydrogen) atoms. The molecule has 0 heterocycles. The van der Waals surface area contributed by atoms with Crippen LogP contribution in [0.15, 0.2) is 0 Å². The van der Waals surface area contributed by atoms with Crippen molar-refractivity contribution in [1.82, 2.24) is 0 Å². The van der Waals surface area contributed by atoms with E-state index in [9.17, 15) is 22.5 Å². The van der Waals surface area contributed by atoms with Gasteiger partial charge in [0, 0.05) is 0 Å². The van der Waals surface area contributed by atoms with Gasteiger partial charge in [0.25, 0.3) is 5.91 Å². The molecule has 0 saturated carbocycles. The number of carbonyl (C=O) groups is 1. The average molecular weight is 217 g/mol. The van der Waals surface area contributed by atoms with Gasteiger partial charge in [-0.1, -0.05) is 0 Å². The Labute approximate surface area is 76.7 Å². The molecular formula is C6H10F3NO2S. The highest BCUT2D eigenvalue weighted by Gasteiger charge is 2.32. The number of primary amides is 1. The van der Waals surface area contributed by atoms with Crippen molar-refractivity contribution in [2.75, 3.05) is 5.75 Å². The Bertz CT molecular complexity index is 185. The van der Waals surface area contributed by atoms with Gasteiger partial charge in [-0.15, -0.1) is 0 Å². The van der Waals surface area contributed by atoms with Crippen LogP contribution in [0.1, 0.15) is 13.3 Å². The van der Waals surface area contributed by atoms with Crippen LogP contribution in [0.5, 0.6) is 0 Å². The smallest absolute Gasteiger partial charge is 0.393 e. The first-order valence-corrected chi connectivity index (χ1v) is 4.85. The SMILES string of the molecule is CC(C(N)=O)[S+]([O-])CCC(F)(F)F. The molecule has 0 aromatic heterocycles. The zero-order valence-corrected chi connectivity index (χ0v) is 7.74. The van der Waals surface area contributed by atoms with Crippen LogP contribution in [-0.2, 0) is 16.0 Å². The zero-order chi connectivity index (χ0) is 10.6. The molecule has 0 rings (SSSR count). The highest BCUT2D eigenvalue weighted by Crippen LogP contribution is 2.21. The summed E-state index contributed by atoms with van der Waals surface area (Å²) in [5.74, 6) is -1.42. The van der Waals surface area contributed by atoms with Gasteiger partial charge in [0.2, 0.25) is 0 Å². The van der Waals surface area contributed by atoms with E-state index in [1.807, 2.05) is 0 Å². The Balaban J connectivity index is 3.88. The molecule has 0 fully saturated rings. The molecule has 78 valence electrons. The second-order valence-corrected chi connectivity index (χ2v) is 4.37. The summed E-state index contributed by atoms with van der Waals surface area (Å²) in [5, 5.41) is -1.03. The molecule has 7 heteroatoms. The Morgan fingerprint density at radius 3 is 2.38 bits per heavy atom. The second-order valence-electron chi connectivity index (χ2n) is 2.49. The number of halogens is 3. The maximum absolute atomic E-state index is 11.6. The van der Waals surface area contributed by atoms with Crippen LogP contribution in [-0.4, -0.2) is 27.6 Å². The lowest BCUT2D eigenvalue weighted by Crippen LogP contribution is -2.35. The standard InChI is InChI=1S/C6H10F3NO2S/c1-4(5(10)11)13(12)3-2-6(7,8)9/h4H,2-3H2,1H3,(H2,10,11). The van der Waals surface area contributed by atoms with E-state index in [2.05, 4.69) is 0 Å². The number of hydrogen-bond donors (Lipinski definition) is 1. The molecule has 0 aromatic carbocycles. The van der Waals surface area contributed by atoms with Gasteiger partial charge in [-0.05, 0) is 18.1 Å². The highest BCUT2D eigenvalue weighted by molar-refractivity contribution is 7.92. The summed E-state index contributed by atoms with van der Waals surface area (Å²) in [4.78, 5) is 10.4. The molecule has 2 N–H and O–H groups in total. The molecule has 0 bridgehead atoms. The summed E-state index contributed by atoms with van der Waals surface area (Å²) in [7, 11) is 0. The number of alkyl halides is 3. The largest absolute Gasteiger partial charge is 0.616 e. The first kappa shape index (κ1) is 12.6. The van der Waals surface area contributed by atoms with E-state index in [0.29, 0.717) is 0 Å². The van der Waals surface area contributed by atoms with Gasteiger partial charge in [0.1, 0.15) is 5.75 Å². The zero-order valence-electron chi connectivity index (χ0n) is 6.93. The molecule has 3 nitrogen and oxygen atoms in total. The van der Waals surface area contributed by atoms with Crippen LogP contribution in [0, 0.1) is 0 Å². The van der Waals surface area contributed by atoms with Gasteiger partial charge in [-0.25, -0.2) is 0 Å². The molecule has 0 aromatic rings. The Morgan fingerprint density at radius 2 is 2.08 bits per heavy atom. The molecule has 0 saturated heterocycles. The average Bonchev–Trinajstić information content (AvgIpc) is 1.97. The van der Waals surface area contributed by atoms with E-state index in [0.717, 1.165) is 0 Å². The molecule has 0 aliphatic rings. The van der Waals surface area contributed by atoms with Crippen LogP contribution in [0.25, 0.3) is 0 Å². The Hall–Kier alpha value is -0.430. The van der Waals surface area contributed by atoms with E-state index in [1.54, 1.807) is 0 Å². The fourth-order valence-electron chi connectivity index (χ4n) is 0.523. The first-order chi connectivity index (χ1) is 5.74. The van der Waals surface area contributed by atoms with Crippen molar-refractivity contribution in [2.24, 2.45) is 5.73 Å². The molecule has 0 radical (unpaired) electrons. The minimum Gasteiger partial charge on any atom is -0.616 e. The van der Waals surface area contributed by atoms with Gasteiger partial charge in [0.15, 0.2) is 5.25 Å². The van der Waals surface area contributed by atoms with Crippen molar-refractivity contribution < 1.29 is 22.5 Å². The summed E-state index contributed by atoms with van der Waals surface area (Å²) >= 11 is -1.84. The van der Waals surface area contributed by atoms with Crippen molar-refractivity contribution in [3.05, 3.63) is 0 Å². The quantitative estimate of drug-likeness (QED) is 0.699. The molecule has 2 unspecified atom stereocenters. The topological polar surface area (TPSA) is 66.2 Å². The van der Waals surface area contributed by atoms with E-state index >= 15 is 0 Å². The van der Waals surface area contributed by atoms with E-state index in [-0.39, 0.29) is 0 Å². The number of amides is 1. The molecule has 0 aliphatic heterocycles. The Kier molecular flexibility index (Phi) is 4.55. The maximum Gasteiger partial charge on any atom is 0.393 e. The summed E-state index contributed by atoms with van der Waals surface area (Å²) < 4.78 is 45.8. The van der Waals surface area contributed by atoms with Crippen LogP contribution in [0.4, 0.5) is 13.2 Å². The van der Waals surface area contributed by atoms with Crippen LogP contribution in [0.3, 0.4) is 0 Å². The predicted octanol–water partition coefficient (Wildman–Crippen LogP) is 0.561. The predicted molar refractivity (Wildman–Crippen MR) is 42.3 cm³/mol. The molecule has 1 amide bonds. The number of hydrogen-bond acceptors (Lipinski definition) is 2. The molecule has 0 spiro atoms. The fraction of sp³-hybridized carbons (Fsp3) is 0.833. The normalized spacial score (nSPS) is 16.7. The van der Waals surface area contributed by atoms with Gasteiger partial charge < -0.3 is 10.3 Å². The second kappa shape index (κ2) is 4.71. The third-order valence-electron chi connectivity index (χ3n) is 1.38.